The summed E-state index contributed by atoms with van der Waals surface area (Å²) in [4.78, 5) is 24.8. The average molecular weight is 641 g/mol. The lowest BCUT2D eigenvalue weighted by molar-refractivity contribution is -0.124. The van der Waals surface area contributed by atoms with Gasteiger partial charge in [0.05, 0.1) is 24.4 Å². The van der Waals surface area contributed by atoms with Gasteiger partial charge in [-0.3, -0.25) is 4.79 Å². The van der Waals surface area contributed by atoms with Crippen LogP contribution in [-0.4, -0.2) is 69.3 Å². The number of nitrogens with one attached hydrogen (secondary N) is 3. The van der Waals surface area contributed by atoms with Gasteiger partial charge in [0.1, 0.15) is 37.5 Å². The highest BCUT2D eigenvalue weighted by Gasteiger charge is 2.30. The third-order valence-electron chi connectivity index (χ3n) is 6.77. The van der Waals surface area contributed by atoms with Crippen LogP contribution in [0.2, 0.25) is 0 Å². The molecule has 242 valence electrons. The van der Waals surface area contributed by atoms with Crippen molar-refractivity contribution in [3.05, 3.63) is 95.3 Å². The van der Waals surface area contributed by atoms with E-state index in [0.717, 1.165) is 6.07 Å². The summed E-state index contributed by atoms with van der Waals surface area (Å²) in [6.07, 6.45) is -6.39. The lowest BCUT2D eigenvalue weighted by atomic mass is 9.85. The monoisotopic (exact) mass is 640 g/mol. The summed E-state index contributed by atoms with van der Waals surface area (Å²) < 4.78 is 94.7. The molecule has 0 bridgehead atoms. The molecular weight excluding hydrogens is 610 g/mol. The molecule has 0 spiro atoms. The fraction of sp³-hybridized carbons (Fsp3) is 0.333. The number of ether oxygens (including phenoxy) is 3. The van der Waals surface area contributed by atoms with Gasteiger partial charge in [-0.15, -0.1) is 0 Å². The molecule has 0 aliphatic carbocycles. The molecule has 0 saturated carbocycles. The van der Waals surface area contributed by atoms with E-state index in [-0.39, 0.29) is 37.8 Å². The number of amides is 2. The molecule has 0 aromatic heterocycles. The number of nitrogens with two attached hydrogens (primary N) is 1. The Balaban J connectivity index is 1.35. The van der Waals surface area contributed by atoms with Crippen molar-refractivity contribution < 1.29 is 50.1 Å². The normalized spacial score (nSPS) is 17.4. The van der Waals surface area contributed by atoms with Crippen molar-refractivity contribution in [3.63, 3.8) is 0 Å². The molecule has 3 aromatic carbocycles. The Morgan fingerprint density at radius 2 is 1.58 bits per heavy atom. The molecule has 15 heteroatoms. The van der Waals surface area contributed by atoms with E-state index >= 15 is 0 Å². The van der Waals surface area contributed by atoms with Crippen LogP contribution in [0.5, 0.6) is 5.75 Å². The second kappa shape index (κ2) is 15.1. The summed E-state index contributed by atoms with van der Waals surface area (Å²) in [5.41, 5.74) is 7.34. The zero-order chi connectivity index (χ0) is 32.6. The van der Waals surface area contributed by atoms with E-state index < -0.39 is 66.3 Å². The summed E-state index contributed by atoms with van der Waals surface area (Å²) in [5, 5.41) is 7.17. The van der Waals surface area contributed by atoms with E-state index in [1.165, 1.54) is 60.7 Å². The first kappa shape index (κ1) is 33.6. The molecule has 1 aliphatic heterocycles. The quantitative estimate of drug-likeness (QED) is 0.232. The highest BCUT2D eigenvalue weighted by molar-refractivity contribution is 5.97. The van der Waals surface area contributed by atoms with E-state index in [1.54, 1.807) is 5.32 Å². The SMILES string of the molecule is N[C@H](C(=O)Nc1cccc(F)c1OC[C@@H]1CN[C@H](COC(=O)NCC(F)(F)F)CO1)C(c1ccc(F)cc1)c1ccc(F)cc1. The number of morpholine rings is 1. The summed E-state index contributed by atoms with van der Waals surface area (Å²) >= 11 is 0. The molecule has 0 radical (unpaired) electrons. The molecule has 3 atom stereocenters. The van der Waals surface area contributed by atoms with Crippen LogP contribution in [0, 0.1) is 17.5 Å². The number of para-hydroxylation sites is 1. The number of halogens is 6. The van der Waals surface area contributed by atoms with E-state index in [0.29, 0.717) is 11.1 Å². The van der Waals surface area contributed by atoms with Crippen LogP contribution < -0.4 is 26.4 Å². The summed E-state index contributed by atoms with van der Waals surface area (Å²) in [7, 11) is 0. The van der Waals surface area contributed by atoms with Crippen LogP contribution in [0.15, 0.2) is 66.7 Å². The average Bonchev–Trinajstić information content (AvgIpc) is 3.01. The van der Waals surface area contributed by atoms with Gasteiger partial charge in [-0.2, -0.15) is 13.2 Å². The Morgan fingerprint density at radius 1 is 0.956 bits per heavy atom. The number of carbonyl (C=O) groups is 2. The number of hydrogen-bond acceptors (Lipinski definition) is 7. The van der Waals surface area contributed by atoms with Crippen LogP contribution in [0.3, 0.4) is 0 Å². The van der Waals surface area contributed by atoms with Crippen molar-refractivity contribution in [1.29, 1.82) is 0 Å². The minimum Gasteiger partial charge on any atom is -0.486 e. The molecule has 1 saturated heterocycles. The van der Waals surface area contributed by atoms with Crippen molar-refractivity contribution in [1.82, 2.24) is 10.6 Å². The van der Waals surface area contributed by atoms with E-state index in [9.17, 15) is 35.9 Å². The maximum Gasteiger partial charge on any atom is 0.407 e. The van der Waals surface area contributed by atoms with Gasteiger partial charge >= 0.3 is 12.3 Å². The number of rotatable bonds is 11. The fourth-order valence-electron chi connectivity index (χ4n) is 4.53. The van der Waals surface area contributed by atoms with Crippen LogP contribution >= 0.6 is 0 Å². The van der Waals surface area contributed by atoms with Crippen LogP contribution in [0.4, 0.5) is 36.8 Å². The summed E-state index contributed by atoms with van der Waals surface area (Å²) in [5.74, 6) is -3.59. The summed E-state index contributed by atoms with van der Waals surface area (Å²) in [6, 6.07) is 12.8. The van der Waals surface area contributed by atoms with Crippen molar-refractivity contribution >= 4 is 17.7 Å². The van der Waals surface area contributed by atoms with Crippen molar-refractivity contribution in [2.24, 2.45) is 5.73 Å². The van der Waals surface area contributed by atoms with Crippen molar-refractivity contribution in [2.75, 3.05) is 38.2 Å². The minimum absolute atomic E-state index is 0.0183. The molecule has 5 N–H and O–H groups in total. The molecule has 3 aromatic rings. The van der Waals surface area contributed by atoms with E-state index in [4.69, 9.17) is 19.9 Å². The van der Waals surface area contributed by atoms with Gasteiger partial charge in [0, 0.05) is 12.5 Å². The topological polar surface area (TPSA) is 124 Å². The lowest BCUT2D eigenvalue weighted by Gasteiger charge is -2.30. The molecule has 1 fully saturated rings. The first-order valence-electron chi connectivity index (χ1n) is 13.7. The Bertz CT molecular complexity index is 1390. The van der Waals surface area contributed by atoms with E-state index in [2.05, 4.69) is 10.6 Å². The molecule has 45 heavy (non-hydrogen) atoms. The molecule has 9 nitrogen and oxygen atoms in total. The van der Waals surface area contributed by atoms with E-state index in [1.807, 2.05) is 0 Å². The predicted octanol–water partition coefficient (Wildman–Crippen LogP) is 4.23. The Hall–Kier alpha value is -4.34. The zero-order valence-corrected chi connectivity index (χ0v) is 23.6. The maximum absolute atomic E-state index is 14.8. The van der Waals surface area contributed by atoms with Crippen molar-refractivity contribution in [3.8, 4) is 5.75 Å². The number of anilines is 1. The smallest absolute Gasteiger partial charge is 0.407 e. The molecule has 1 heterocycles. The number of carbonyl (C=O) groups excluding carboxylic acids is 2. The second-order valence-electron chi connectivity index (χ2n) is 10.2. The number of alkyl carbamates (subject to hydrolysis) is 1. The Morgan fingerprint density at radius 3 is 2.13 bits per heavy atom. The summed E-state index contributed by atoms with van der Waals surface area (Å²) in [6.45, 7) is -1.73. The van der Waals surface area contributed by atoms with Crippen LogP contribution in [0.25, 0.3) is 0 Å². The van der Waals surface area contributed by atoms with Crippen LogP contribution in [-0.2, 0) is 14.3 Å². The number of hydrogen-bond donors (Lipinski definition) is 4. The maximum atomic E-state index is 14.8. The van der Waals surface area contributed by atoms with Gasteiger partial charge in [-0.05, 0) is 47.5 Å². The predicted molar refractivity (Wildman–Crippen MR) is 150 cm³/mol. The fourth-order valence-corrected chi connectivity index (χ4v) is 4.53. The van der Waals surface area contributed by atoms with Gasteiger partial charge in [0.25, 0.3) is 0 Å². The zero-order valence-electron chi connectivity index (χ0n) is 23.6. The molecule has 1 aliphatic rings. The Labute approximate surface area is 254 Å². The van der Waals surface area contributed by atoms with Gasteiger partial charge in [-0.1, -0.05) is 30.3 Å². The van der Waals surface area contributed by atoms with Crippen LogP contribution in [0.1, 0.15) is 17.0 Å². The van der Waals surface area contributed by atoms with Gasteiger partial charge in [0.2, 0.25) is 5.91 Å². The van der Waals surface area contributed by atoms with Crippen molar-refractivity contribution in [2.45, 2.75) is 30.3 Å². The third kappa shape index (κ3) is 9.83. The first-order chi connectivity index (χ1) is 21.4. The largest absolute Gasteiger partial charge is 0.486 e. The molecular formula is C30H30F6N4O5. The highest BCUT2D eigenvalue weighted by Crippen LogP contribution is 2.31. The second-order valence-corrected chi connectivity index (χ2v) is 10.2. The van der Waals surface area contributed by atoms with Gasteiger partial charge in [0.15, 0.2) is 11.6 Å². The number of alkyl halides is 3. The highest BCUT2D eigenvalue weighted by atomic mass is 19.4. The minimum atomic E-state index is -4.57. The third-order valence-corrected chi connectivity index (χ3v) is 6.77. The molecule has 0 unspecified atom stereocenters. The Kier molecular flexibility index (Phi) is 11.3. The van der Waals surface area contributed by atoms with Gasteiger partial charge in [-0.25, -0.2) is 18.0 Å². The molecule has 4 rings (SSSR count). The standard InChI is InChI=1S/C30H30F6N4O5/c31-19-8-4-17(5-9-19)25(18-6-10-20(32)11-7-18)26(37)28(41)40-24-3-1-2-23(33)27(24)44-15-22-12-38-21(13-43-22)14-45-29(42)39-16-30(34,35)36/h1-11,21-22,25-26,38H,12-16,37H2,(H,39,42)(H,40,41)/t21-,22-,26-/m0/s1. The lowest BCUT2D eigenvalue weighted by Crippen LogP contribution is -2.51. The number of benzene rings is 3. The molecule has 2 amide bonds. The first-order valence-corrected chi connectivity index (χ1v) is 13.7. The van der Waals surface area contributed by atoms with Gasteiger partial charge < -0.3 is 35.9 Å².